The lowest BCUT2D eigenvalue weighted by Crippen LogP contribution is -2.50. The number of likely N-dealkylation sites (tertiary alicyclic amines) is 1. The standard InChI is InChI=1S/C27H27N5O2/c1-27(2,32-11-4-12-32)9-8-18-13-22-23(17-33-26(28)29)21-14-19(20-5-3-10-30-16-20)6-7-24(21)34-25(22)31-15-18/h3,5-7,10,13-16,23H,4,11-12,17H2,1-2H3,(H3,28,29)/t23-/m1/s1. The van der Waals surface area contributed by atoms with Gasteiger partial charge in [-0.2, -0.15) is 0 Å². The molecule has 0 spiro atoms. The summed E-state index contributed by atoms with van der Waals surface area (Å²) in [6, 6.07) is 11.6. The molecule has 2 aromatic heterocycles. The first-order chi connectivity index (χ1) is 16.4. The zero-order valence-electron chi connectivity index (χ0n) is 19.3. The molecule has 5 rings (SSSR count). The predicted molar refractivity (Wildman–Crippen MR) is 131 cm³/mol. The smallest absolute Gasteiger partial charge is 0.279 e. The number of benzene rings is 1. The largest absolute Gasteiger partial charge is 0.465 e. The first-order valence-electron chi connectivity index (χ1n) is 11.4. The van der Waals surface area contributed by atoms with Gasteiger partial charge in [-0.1, -0.05) is 24.0 Å². The third kappa shape index (κ3) is 4.33. The normalized spacial score (nSPS) is 16.7. The highest BCUT2D eigenvalue weighted by Crippen LogP contribution is 2.44. The Morgan fingerprint density at radius 3 is 2.76 bits per heavy atom. The minimum atomic E-state index is -0.321. The Morgan fingerprint density at radius 1 is 1.21 bits per heavy atom. The van der Waals surface area contributed by atoms with Gasteiger partial charge in [0.1, 0.15) is 12.4 Å². The molecule has 2 aliphatic rings. The van der Waals surface area contributed by atoms with Crippen molar-refractivity contribution in [2.75, 3.05) is 19.7 Å². The molecule has 7 heteroatoms. The van der Waals surface area contributed by atoms with Gasteiger partial charge in [-0.05, 0) is 50.1 Å². The molecule has 0 bridgehead atoms. The topological polar surface area (TPSA) is 97.3 Å². The Hall–Kier alpha value is -3.89. The second kappa shape index (κ2) is 8.81. The Morgan fingerprint density at radius 2 is 2.06 bits per heavy atom. The number of nitrogens with two attached hydrogens (primary N) is 1. The lowest BCUT2D eigenvalue weighted by molar-refractivity contribution is 0.0955. The number of aromatic nitrogens is 2. The number of pyridine rings is 2. The molecule has 3 aromatic rings. The molecule has 0 saturated carbocycles. The minimum Gasteiger partial charge on any atom is -0.465 e. The van der Waals surface area contributed by atoms with Crippen molar-refractivity contribution in [1.82, 2.24) is 14.9 Å². The third-order valence-electron chi connectivity index (χ3n) is 6.41. The highest BCUT2D eigenvalue weighted by molar-refractivity contribution is 5.69. The second-order valence-corrected chi connectivity index (χ2v) is 9.09. The van der Waals surface area contributed by atoms with Crippen molar-refractivity contribution in [2.45, 2.75) is 31.7 Å². The van der Waals surface area contributed by atoms with Gasteiger partial charge in [-0.3, -0.25) is 15.3 Å². The van der Waals surface area contributed by atoms with E-state index < -0.39 is 0 Å². The molecule has 7 nitrogen and oxygen atoms in total. The van der Waals surface area contributed by atoms with E-state index in [0.29, 0.717) is 11.6 Å². The van der Waals surface area contributed by atoms with Crippen LogP contribution in [0.1, 0.15) is 42.9 Å². The van der Waals surface area contributed by atoms with Crippen molar-refractivity contribution < 1.29 is 9.47 Å². The molecular weight excluding hydrogens is 426 g/mol. The van der Waals surface area contributed by atoms with Gasteiger partial charge in [0.25, 0.3) is 6.02 Å². The van der Waals surface area contributed by atoms with E-state index in [4.69, 9.17) is 20.6 Å². The summed E-state index contributed by atoms with van der Waals surface area (Å²) >= 11 is 0. The summed E-state index contributed by atoms with van der Waals surface area (Å²) < 4.78 is 11.6. The van der Waals surface area contributed by atoms with Gasteiger partial charge in [0.2, 0.25) is 5.88 Å². The molecular formula is C27H27N5O2. The number of hydrogen-bond acceptors (Lipinski definition) is 6. The minimum absolute atomic E-state index is 0.187. The van der Waals surface area contributed by atoms with Crippen LogP contribution in [0.3, 0.4) is 0 Å². The van der Waals surface area contributed by atoms with E-state index in [2.05, 4.69) is 46.6 Å². The van der Waals surface area contributed by atoms with Gasteiger partial charge < -0.3 is 15.2 Å². The average Bonchev–Trinajstić information content (AvgIpc) is 2.79. The first kappa shape index (κ1) is 21.9. The highest BCUT2D eigenvalue weighted by atomic mass is 16.5. The highest BCUT2D eigenvalue weighted by Gasteiger charge is 2.31. The van der Waals surface area contributed by atoms with E-state index in [1.165, 1.54) is 6.42 Å². The molecule has 172 valence electrons. The van der Waals surface area contributed by atoms with Crippen LogP contribution < -0.4 is 10.5 Å². The molecule has 34 heavy (non-hydrogen) atoms. The summed E-state index contributed by atoms with van der Waals surface area (Å²) in [4.78, 5) is 11.2. The molecule has 1 atom stereocenters. The van der Waals surface area contributed by atoms with Crippen LogP contribution >= 0.6 is 0 Å². The van der Waals surface area contributed by atoms with Crippen LogP contribution in [0.5, 0.6) is 11.6 Å². The number of ether oxygens (including phenoxy) is 2. The fourth-order valence-electron chi connectivity index (χ4n) is 4.30. The quantitative estimate of drug-likeness (QED) is 0.350. The zero-order chi connectivity index (χ0) is 23.7. The lowest BCUT2D eigenvalue weighted by atomic mass is 9.87. The molecule has 2 aliphatic heterocycles. The molecule has 3 N–H and O–H groups in total. The van der Waals surface area contributed by atoms with E-state index in [-0.39, 0.29) is 24.1 Å². The number of nitrogens with one attached hydrogen (secondary N) is 1. The first-order valence-corrected chi connectivity index (χ1v) is 11.4. The molecule has 0 radical (unpaired) electrons. The number of fused-ring (bicyclic) bond motifs is 2. The van der Waals surface area contributed by atoms with Crippen LogP contribution in [0.15, 0.2) is 55.0 Å². The van der Waals surface area contributed by atoms with Crippen molar-refractivity contribution >= 4 is 6.02 Å². The van der Waals surface area contributed by atoms with Gasteiger partial charge in [0.15, 0.2) is 0 Å². The van der Waals surface area contributed by atoms with E-state index in [1.54, 1.807) is 12.4 Å². The van der Waals surface area contributed by atoms with Crippen LogP contribution in [-0.2, 0) is 4.74 Å². The summed E-state index contributed by atoms with van der Waals surface area (Å²) in [6.45, 7) is 6.66. The summed E-state index contributed by atoms with van der Waals surface area (Å²) in [5.74, 6) is 7.73. The SMILES string of the molecule is CC(C)(C#Cc1cnc2c(c1)[C@H](COC(=N)N)c1cc(-c3cccnc3)ccc1O2)N1CCC1. The van der Waals surface area contributed by atoms with Crippen LogP contribution in [0.25, 0.3) is 11.1 Å². The lowest BCUT2D eigenvalue weighted by Gasteiger charge is -2.41. The summed E-state index contributed by atoms with van der Waals surface area (Å²) in [6.07, 6.45) is 6.55. The fraction of sp³-hybridized carbons (Fsp3) is 0.296. The van der Waals surface area contributed by atoms with Crippen LogP contribution in [0.4, 0.5) is 0 Å². The molecule has 0 amide bonds. The van der Waals surface area contributed by atoms with E-state index >= 15 is 0 Å². The van der Waals surface area contributed by atoms with Gasteiger partial charge in [0.05, 0.1) is 11.5 Å². The zero-order valence-corrected chi connectivity index (χ0v) is 19.3. The van der Waals surface area contributed by atoms with Gasteiger partial charge in [0, 0.05) is 53.9 Å². The molecule has 0 aliphatic carbocycles. The van der Waals surface area contributed by atoms with E-state index in [1.807, 2.05) is 36.5 Å². The third-order valence-corrected chi connectivity index (χ3v) is 6.41. The average molecular weight is 454 g/mol. The van der Waals surface area contributed by atoms with Crippen molar-refractivity contribution in [3.05, 3.63) is 71.7 Å². The fourth-order valence-corrected chi connectivity index (χ4v) is 4.30. The number of amidine groups is 1. The Balaban J connectivity index is 1.53. The monoisotopic (exact) mass is 453 g/mol. The van der Waals surface area contributed by atoms with Crippen molar-refractivity contribution in [1.29, 1.82) is 5.41 Å². The van der Waals surface area contributed by atoms with E-state index in [9.17, 15) is 0 Å². The molecule has 1 saturated heterocycles. The van der Waals surface area contributed by atoms with Crippen LogP contribution in [0.2, 0.25) is 0 Å². The molecule has 1 fully saturated rings. The number of nitrogens with zero attached hydrogens (tertiary/aromatic N) is 3. The molecule has 0 unspecified atom stereocenters. The van der Waals surface area contributed by atoms with Crippen LogP contribution in [0, 0.1) is 17.3 Å². The summed E-state index contributed by atoms with van der Waals surface area (Å²) in [7, 11) is 0. The second-order valence-electron chi connectivity index (χ2n) is 9.09. The number of hydrogen-bond donors (Lipinski definition) is 2. The predicted octanol–water partition coefficient (Wildman–Crippen LogP) is 4.13. The van der Waals surface area contributed by atoms with Crippen molar-refractivity contribution in [3.63, 3.8) is 0 Å². The number of rotatable bonds is 4. The Labute approximate surface area is 199 Å². The maximum absolute atomic E-state index is 7.57. The van der Waals surface area contributed by atoms with Gasteiger partial charge in [-0.15, -0.1) is 0 Å². The maximum Gasteiger partial charge on any atom is 0.279 e. The Bertz CT molecular complexity index is 1290. The van der Waals surface area contributed by atoms with Gasteiger partial charge in [-0.25, -0.2) is 4.98 Å². The molecule has 1 aromatic carbocycles. The Kier molecular flexibility index (Phi) is 5.68. The summed E-state index contributed by atoms with van der Waals surface area (Å²) in [5.41, 5.74) is 9.99. The molecule has 4 heterocycles. The van der Waals surface area contributed by atoms with Gasteiger partial charge >= 0.3 is 0 Å². The van der Waals surface area contributed by atoms with Crippen molar-refractivity contribution in [3.8, 4) is 34.6 Å². The summed E-state index contributed by atoms with van der Waals surface area (Å²) in [5, 5.41) is 7.57. The van der Waals surface area contributed by atoms with Crippen LogP contribution in [-0.4, -0.2) is 46.1 Å². The van der Waals surface area contributed by atoms with Crippen molar-refractivity contribution in [2.24, 2.45) is 5.73 Å². The maximum atomic E-state index is 7.57. The van der Waals surface area contributed by atoms with E-state index in [0.717, 1.165) is 40.9 Å².